The van der Waals surface area contributed by atoms with Crippen molar-refractivity contribution in [2.24, 2.45) is 0 Å². The molecule has 1 saturated heterocycles. The molecule has 18 heavy (non-hydrogen) atoms. The molecular formula is C12H21N3O2S. The van der Waals surface area contributed by atoms with E-state index in [1.807, 2.05) is 0 Å². The maximum absolute atomic E-state index is 5.63. The van der Waals surface area contributed by atoms with Gasteiger partial charge in [0.15, 0.2) is 0 Å². The average Bonchev–Trinajstić information content (AvgIpc) is 2.83. The second kappa shape index (κ2) is 7.01. The molecule has 1 aliphatic rings. The van der Waals surface area contributed by atoms with Crippen LogP contribution in [0.2, 0.25) is 0 Å². The van der Waals surface area contributed by atoms with E-state index in [1.165, 1.54) is 24.2 Å². The van der Waals surface area contributed by atoms with Crippen LogP contribution in [0.1, 0.15) is 38.1 Å². The number of rotatable bonds is 6. The molecule has 1 aromatic heterocycles. The lowest BCUT2D eigenvalue weighted by molar-refractivity contribution is -0.0112. The Hall–Kier alpha value is -0.720. The maximum Gasteiger partial charge on any atom is 0.294 e. The van der Waals surface area contributed by atoms with Crippen molar-refractivity contribution >= 4 is 11.3 Å². The molecule has 2 rings (SSSR count). The molecule has 0 saturated carbocycles. The molecule has 0 radical (unpaired) electrons. The van der Waals surface area contributed by atoms with Crippen molar-refractivity contribution in [3.8, 4) is 5.19 Å². The van der Waals surface area contributed by atoms with Crippen LogP contribution in [0.4, 0.5) is 0 Å². The largest absolute Gasteiger partial charge is 0.466 e. The van der Waals surface area contributed by atoms with E-state index in [4.69, 9.17) is 9.47 Å². The summed E-state index contributed by atoms with van der Waals surface area (Å²) in [4.78, 5) is 0. The highest BCUT2D eigenvalue weighted by atomic mass is 32.1. The van der Waals surface area contributed by atoms with E-state index in [2.05, 4.69) is 29.4 Å². The minimum Gasteiger partial charge on any atom is -0.466 e. The number of nitrogens with zero attached hydrogens (tertiary/aromatic N) is 2. The molecule has 1 aliphatic heterocycles. The van der Waals surface area contributed by atoms with Gasteiger partial charge in [0, 0.05) is 12.6 Å². The first-order chi connectivity index (χ1) is 8.74. The maximum atomic E-state index is 5.63. The van der Waals surface area contributed by atoms with Gasteiger partial charge in [-0.05, 0) is 19.3 Å². The van der Waals surface area contributed by atoms with Crippen molar-refractivity contribution in [2.45, 2.75) is 51.8 Å². The standard InChI is InChI=1S/C12H21N3O2S/c1-9(2)13-7-11-14-15-12(18-11)17-8-10-5-3-4-6-16-10/h9-10,13H,3-8H2,1-2H3. The van der Waals surface area contributed by atoms with Crippen LogP contribution in [0, 0.1) is 0 Å². The van der Waals surface area contributed by atoms with Crippen molar-refractivity contribution in [3.05, 3.63) is 5.01 Å². The molecule has 0 aliphatic carbocycles. The highest BCUT2D eigenvalue weighted by molar-refractivity contribution is 7.13. The predicted octanol–water partition coefficient (Wildman–Crippen LogP) is 1.98. The zero-order chi connectivity index (χ0) is 12.8. The summed E-state index contributed by atoms with van der Waals surface area (Å²) in [6, 6.07) is 0.453. The van der Waals surface area contributed by atoms with Gasteiger partial charge in [0.1, 0.15) is 11.6 Å². The smallest absolute Gasteiger partial charge is 0.294 e. The highest BCUT2D eigenvalue weighted by Gasteiger charge is 2.15. The van der Waals surface area contributed by atoms with E-state index in [-0.39, 0.29) is 6.10 Å². The van der Waals surface area contributed by atoms with Gasteiger partial charge in [-0.2, -0.15) is 0 Å². The normalized spacial score (nSPS) is 20.3. The van der Waals surface area contributed by atoms with Crippen LogP contribution >= 0.6 is 11.3 Å². The Morgan fingerprint density at radius 1 is 1.44 bits per heavy atom. The van der Waals surface area contributed by atoms with Crippen LogP contribution in [-0.4, -0.2) is 35.6 Å². The van der Waals surface area contributed by atoms with Crippen LogP contribution in [0.5, 0.6) is 5.19 Å². The molecular weight excluding hydrogens is 250 g/mol. The van der Waals surface area contributed by atoms with Gasteiger partial charge in [0.25, 0.3) is 5.19 Å². The summed E-state index contributed by atoms with van der Waals surface area (Å²) in [6.45, 7) is 6.41. The predicted molar refractivity (Wildman–Crippen MR) is 71.0 cm³/mol. The molecule has 6 heteroatoms. The fourth-order valence-electron chi connectivity index (χ4n) is 1.76. The highest BCUT2D eigenvalue weighted by Crippen LogP contribution is 2.20. The summed E-state index contributed by atoms with van der Waals surface area (Å²) >= 11 is 1.50. The minimum atomic E-state index is 0.222. The third-order valence-corrected chi connectivity index (χ3v) is 3.61. The number of nitrogens with one attached hydrogen (secondary N) is 1. The Morgan fingerprint density at radius 2 is 2.33 bits per heavy atom. The van der Waals surface area contributed by atoms with Gasteiger partial charge in [0.2, 0.25) is 0 Å². The molecule has 102 valence electrons. The lowest BCUT2D eigenvalue weighted by Crippen LogP contribution is -2.25. The first-order valence-electron chi connectivity index (χ1n) is 6.54. The van der Waals surface area contributed by atoms with E-state index in [0.29, 0.717) is 17.8 Å². The number of ether oxygens (including phenoxy) is 2. The molecule has 2 heterocycles. The van der Waals surface area contributed by atoms with E-state index < -0.39 is 0 Å². The van der Waals surface area contributed by atoms with E-state index in [9.17, 15) is 0 Å². The zero-order valence-corrected chi connectivity index (χ0v) is 11.8. The summed E-state index contributed by atoms with van der Waals surface area (Å²) in [5.74, 6) is 0. The van der Waals surface area contributed by atoms with Gasteiger partial charge < -0.3 is 14.8 Å². The van der Waals surface area contributed by atoms with Gasteiger partial charge in [-0.3, -0.25) is 0 Å². The van der Waals surface area contributed by atoms with Gasteiger partial charge in [-0.15, -0.1) is 10.2 Å². The monoisotopic (exact) mass is 271 g/mol. The van der Waals surface area contributed by atoms with Crippen LogP contribution < -0.4 is 10.1 Å². The third-order valence-electron chi connectivity index (χ3n) is 2.78. The fraction of sp³-hybridized carbons (Fsp3) is 0.833. The third kappa shape index (κ3) is 4.51. The summed E-state index contributed by atoms with van der Waals surface area (Å²) in [7, 11) is 0. The van der Waals surface area contributed by atoms with Crippen molar-refractivity contribution in [1.82, 2.24) is 15.5 Å². The number of hydrogen-bond acceptors (Lipinski definition) is 6. The quantitative estimate of drug-likeness (QED) is 0.857. The van der Waals surface area contributed by atoms with Gasteiger partial charge in [-0.1, -0.05) is 25.2 Å². The number of aromatic nitrogens is 2. The first kappa shape index (κ1) is 13.7. The lowest BCUT2D eigenvalue weighted by atomic mass is 10.1. The van der Waals surface area contributed by atoms with Crippen molar-refractivity contribution in [1.29, 1.82) is 0 Å². The zero-order valence-electron chi connectivity index (χ0n) is 11.0. The first-order valence-corrected chi connectivity index (χ1v) is 7.36. The lowest BCUT2D eigenvalue weighted by Gasteiger charge is -2.21. The van der Waals surface area contributed by atoms with Gasteiger partial charge >= 0.3 is 0 Å². The topological polar surface area (TPSA) is 56.3 Å². The van der Waals surface area contributed by atoms with Gasteiger partial charge in [0.05, 0.1) is 12.6 Å². The Labute approximate surface area is 112 Å². The molecule has 1 fully saturated rings. The molecule has 0 aromatic carbocycles. The molecule has 1 atom stereocenters. The van der Waals surface area contributed by atoms with E-state index >= 15 is 0 Å². The Balaban J connectivity index is 1.72. The van der Waals surface area contributed by atoms with E-state index in [0.717, 1.165) is 24.6 Å². The Bertz CT molecular complexity index is 351. The summed E-state index contributed by atoms with van der Waals surface area (Å²) in [5, 5.41) is 13.0. The van der Waals surface area contributed by atoms with Crippen molar-refractivity contribution in [3.63, 3.8) is 0 Å². The molecule has 1 N–H and O–H groups in total. The van der Waals surface area contributed by atoms with Crippen LogP contribution in [0.3, 0.4) is 0 Å². The Morgan fingerprint density at radius 3 is 3.06 bits per heavy atom. The average molecular weight is 271 g/mol. The van der Waals surface area contributed by atoms with E-state index in [1.54, 1.807) is 0 Å². The molecule has 0 bridgehead atoms. The Kier molecular flexibility index (Phi) is 5.34. The fourth-order valence-corrected chi connectivity index (χ4v) is 2.41. The van der Waals surface area contributed by atoms with Crippen molar-refractivity contribution < 1.29 is 9.47 Å². The molecule has 1 unspecified atom stereocenters. The minimum absolute atomic E-state index is 0.222. The molecule has 0 spiro atoms. The second-order valence-corrected chi connectivity index (χ2v) is 5.82. The summed E-state index contributed by atoms with van der Waals surface area (Å²) in [5.41, 5.74) is 0. The summed E-state index contributed by atoms with van der Waals surface area (Å²) in [6.07, 6.45) is 3.70. The van der Waals surface area contributed by atoms with Crippen LogP contribution in [0.25, 0.3) is 0 Å². The summed E-state index contributed by atoms with van der Waals surface area (Å²) < 4.78 is 11.2. The number of hydrogen-bond donors (Lipinski definition) is 1. The molecule has 5 nitrogen and oxygen atoms in total. The SMILES string of the molecule is CC(C)NCc1nnc(OCC2CCCCO2)s1. The van der Waals surface area contributed by atoms with Gasteiger partial charge in [-0.25, -0.2) is 0 Å². The molecule has 1 aromatic rings. The van der Waals surface area contributed by atoms with Crippen molar-refractivity contribution in [2.75, 3.05) is 13.2 Å². The van der Waals surface area contributed by atoms with Crippen LogP contribution in [0.15, 0.2) is 0 Å². The molecule has 0 amide bonds. The second-order valence-electron chi connectivity index (χ2n) is 4.80. The van der Waals surface area contributed by atoms with Crippen LogP contribution in [-0.2, 0) is 11.3 Å².